The summed E-state index contributed by atoms with van der Waals surface area (Å²) in [4.78, 5) is 30.5. The number of amides is 1. The molecule has 0 N–H and O–H groups in total. The molecule has 146 valence electrons. The number of ketones is 1. The molecular weight excluding hydrogens is 361 g/mol. The van der Waals surface area contributed by atoms with Crippen molar-refractivity contribution in [3.8, 4) is 5.75 Å². The highest BCUT2D eigenvalue weighted by Crippen LogP contribution is 2.32. The second-order valence-corrected chi connectivity index (χ2v) is 7.07. The van der Waals surface area contributed by atoms with Gasteiger partial charge in [0.15, 0.2) is 0 Å². The smallest absolute Gasteiger partial charge is 0.300 e. The first-order valence-electron chi connectivity index (χ1n) is 9.29. The van der Waals surface area contributed by atoms with Gasteiger partial charge in [0.1, 0.15) is 11.6 Å². The summed E-state index contributed by atoms with van der Waals surface area (Å²) in [7, 11) is 1.56. The van der Waals surface area contributed by atoms with E-state index in [1.807, 2.05) is 6.07 Å². The summed E-state index contributed by atoms with van der Waals surface area (Å²) in [5.41, 5.74) is 1.71. The fourth-order valence-electron chi connectivity index (χ4n) is 3.70. The molecule has 0 spiro atoms. The number of piperazine rings is 1. The molecule has 0 radical (unpaired) electrons. The lowest BCUT2D eigenvalue weighted by Gasteiger charge is -2.36. The SMILES string of the molecule is COc1ccc2c(c1)N(CN1CCN(Cc3ccccc3F)CC1)C(=O)C2=O. The predicted octanol–water partition coefficient (Wildman–Crippen LogP) is 2.14. The number of hydrogen-bond donors (Lipinski definition) is 0. The Morgan fingerprint density at radius 3 is 2.43 bits per heavy atom. The van der Waals surface area contributed by atoms with E-state index in [0.29, 0.717) is 35.8 Å². The van der Waals surface area contributed by atoms with Crippen LogP contribution in [0.4, 0.5) is 10.1 Å². The number of rotatable bonds is 5. The van der Waals surface area contributed by atoms with Gasteiger partial charge in [-0.15, -0.1) is 0 Å². The maximum Gasteiger partial charge on any atom is 0.300 e. The van der Waals surface area contributed by atoms with Crippen molar-refractivity contribution in [2.45, 2.75) is 6.54 Å². The number of ether oxygens (including phenoxy) is 1. The summed E-state index contributed by atoms with van der Waals surface area (Å²) in [5, 5.41) is 0. The summed E-state index contributed by atoms with van der Waals surface area (Å²) in [6.07, 6.45) is 0. The van der Waals surface area contributed by atoms with E-state index in [4.69, 9.17) is 4.74 Å². The maximum absolute atomic E-state index is 13.9. The Morgan fingerprint density at radius 2 is 1.71 bits per heavy atom. The van der Waals surface area contributed by atoms with Crippen LogP contribution in [0.5, 0.6) is 5.75 Å². The second kappa shape index (κ2) is 7.69. The molecule has 28 heavy (non-hydrogen) atoms. The van der Waals surface area contributed by atoms with Crippen LogP contribution in [0.2, 0.25) is 0 Å². The number of Topliss-reactive ketones (excluding diaryl/α,β-unsaturated/α-hetero) is 1. The molecule has 0 bridgehead atoms. The van der Waals surface area contributed by atoms with Crippen LogP contribution >= 0.6 is 0 Å². The Labute approximate surface area is 163 Å². The minimum atomic E-state index is -0.503. The van der Waals surface area contributed by atoms with Crippen molar-refractivity contribution in [1.82, 2.24) is 9.80 Å². The number of methoxy groups -OCH3 is 1. The fraction of sp³-hybridized carbons (Fsp3) is 0.333. The molecule has 0 aliphatic carbocycles. The molecule has 4 rings (SSSR count). The predicted molar refractivity (Wildman–Crippen MR) is 103 cm³/mol. The van der Waals surface area contributed by atoms with Gasteiger partial charge in [-0.2, -0.15) is 0 Å². The zero-order chi connectivity index (χ0) is 19.7. The molecule has 7 heteroatoms. The highest BCUT2D eigenvalue weighted by molar-refractivity contribution is 6.52. The monoisotopic (exact) mass is 383 g/mol. The Balaban J connectivity index is 1.40. The largest absolute Gasteiger partial charge is 0.497 e. The van der Waals surface area contributed by atoms with Crippen molar-refractivity contribution >= 4 is 17.4 Å². The Hall–Kier alpha value is -2.77. The van der Waals surface area contributed by atoms with Gasteiger partial charge in [0, 0.05) is 44.4 Å². The Bertz CT molecular complexity index is 910. The lowest BCUT2D eigenvalue weighted by Crippen LogP contribution is -2.50. The summed E-state index contributed by atoms with van der Waals surface area (Å²) < 4.78 is 19.1. The van der Waals surface area contributed by atoms with Gasteiger partial charge in [-0.3, -0.25) is 24.3 Å². The van der Waals surface area contributed by atoms with Gasteiger partial charge in [0.25, 0.3) is 5.78 Å². The molecule has 2 heterocycles. The summed E-state index contributed by atoms with van der Waals surface area (Å²) in [6.45, 7) is 3.96. The normalized spacial score (nSPS) is 17.9. The standard InChI is InChI=1S/C21H22FN3O3/c1-28-16-6-7-17-19(12-16)25(21(27)20(17)26)14-24-10-8-23(9-11-24)13-15-4-2-3-5-18(15)22/h2-7,12H,8-11,13-14H2,1H3. The van der Waals surface area contributed by atoms with E-state index < -0.39 is 11.7 Å². The first-order chi connectivity index (χ1) is 13.6. The third-order valence-electron chi connectivity index (χ3n) is 5.34. The molecule has 0 unspecified atom stereocenters. The second-order valence-electron chi connectivity index (χ2n) is 7.07. The molecule has 2 aromatic rings. The first-order valence-corrected chi connectivity index (χ1v) is 9.29. The summed E-state index contributed by atoms with van der Waals surface area (Å²) in [6, 6.07) is 11.9. The Kier molecular flexibility index (Phi) is 5.11. The summed E-state index contributed by atoms with van der Waals surface area (Å²) >= 11 is 0. The third-order valence-corrected chi connectivity index (χ3v) is 5.34. The molecule has 2 aliphatic rings. The quantitative estimate of drug-likeness (QED) is 0.741. The van der Waals surface area contributed by atoms with Crippen LogP contribution in [0.3, 0.4) is 0 Å². The van der Waals surface area contributed by atoms with E-state index in [9.17, 15) is 14.0 Å². The van der Waals surface area contributed by atoms with Crippen molar-refractivity contribution in [1.29, 1.82) is 0 Å². The molecule has 6 nitrogen and oxygen atoms in total. The number of carbonyl (C=O) groups excluding carboxylic acids is 2. The third kappa shape index (κ3) is 3.50. The minimum Gasteiger partial charge on any atom is -0.497 e. The molecule has 0 atom stereocenters. The number of carbonyl (C=O) groups is 2. The molecule has 0 aromatic heterocycles. The molecule has 1 amide bonds. The van der Waals surface area contributed by atoms with E-state index in [0.717, 1.165) is 26.2 Å². The van der Waals surface area contributed by atoms with Crippen molar-refractivity contribution in [3.63, 3.8) is 0 Å². The van der Waals surface area contributed by atoms with E-state index in [1.165, 1.54) is 11.0 Å². The zero-order valence-electron chi connectivity index (χ0n) is 15.7. The van der Waals surface area contributed by atoms with Gasteiger partial charge < -0.3 is 4.74 Å². The van der Waals surface area contributed by atoms with Crippen LogP contribution in [-0.2, 0) is 11.3 Å². The highest BCUT2D eigenvalue weighted by Gasteiger charge is 2.37. The van der Waals surface area contributed by atoms with Crippen LogP contribution in [0.1, 0.15) is 15.9 Å². The number of anilines is 1. The van der Waals surface area contributed by atoms with Gasteiger partial charge in [-0.1, -0.05) is 18.2 Å². The van der Waals surface area contributed by atoms with Gasteiger partial charge in [-0.25, -0.2) is 4.39 Å². The molecule has 0 saturated carbocycles. The van der Waals surface area contributed by atoms with E-state index in [1.54, 1.807) is 37.4 Å². The van der Waals surface area contributed by atoms with Gasteiger partial charge >= 0.3 is 5.91 Å². The van der Waals surface area contributed by atoms with Crippen molar-refractivity contribution < 1.29 is 18.7 Å². The number of halogens is 1. The minimum absolute atomic E-state index is 0.184. The molecule has 2 aliphatic heterocycles. The van der Waals surface area contributed by atoms with Crippen molar-refractivity contribution in [2.75, 3.05) is 44.9 Å². The van der Waals surface area contributed by atoms with Crippen molar-refractivity contribution in [3.05, 3.63) is 59.4 Å². The molecular formula is C21H22FN3O3. The van der Waals surface area contributed by atoms with E-state index in [2.05, 4.69) is 9.80 Å². The zero-order valence-corrected chi connectivity index (χ0v) is 15.7. The fourth-order valence-corrected chi connectivity index (χ4v) is 3.70. The van der Waals surface area contributed by atoms with Gasteiger partial charge in [0.2, 0.25) is 0 Å². The van der Waals surface area contributed by atoms with Gasteiger partial charge in [0.05, 0.1) is 25.0 Å². The van der Waals surface area contributed by atoms with E-state index in [-0.39, 0.29) is 5.82 Å². The van der Waals surface area contributed by atoms with Crippen LogP contribution in [0.15, 0.2) is 42.5 Å². The van der Waals surface area contributed by atoms with E-state index >= 15 is 0 Å². The highest BCUT2D eigenvalue weighted by atomic mass is 19.1. The Morgan fingerprint density at radius 1 is 1.00 bits per heavy atom. The lowest BCUT2D eigenvalue weighted by atomic mass is 10.1. The number of nitrogens with zero attached hydrogens (tertiary/aromatic N) is 3. The molecule has 2 aromatic carbocycles. The number of hydrogen-bond acceptors (Lipinski definition) is 5. The first kappa shape index (κ1) is 18.6. The topological polar surface area (TPSA) is 53.1 Å². The molecule has 1 saturated heterocycles. The van der Waals surface area contributed by atoms with Crippen LogP contribution in [0, 0.1) is 5.82 Å². The van der Waals surface area contributed by atoms with Crippen LogP contribution < -0.4 is 9.64 Å². The summed E-state index contributed by atoms with van der Waals surface area (Å²) in [5.74, 6) is -0.550. The molecule has 1 fully saturated rings. The van der Waals surface area contributed by atoms with Crippen LogP contribution in [0.25, 0.3) is 0 Å². The number of benzene rings is 2. The van der Waals surface area contributed by atoms with Gasteiger partial charge in [-0.05, 0) is 18.2 Å². The lowest BCUT2D eigenvalue weighted by molar-refractivity contribution is -0.114. The average Bonchev–Trinajstić information content (AvgIpc) is 2.95. The van der Waals surface area contributed by atoms with Crippen LogP contribution in [-0.4, -0.2) is 61.4 Å². The average molecular weight is 383 g/mol. The maximum atomic E-state index is 13.9. The van der Waals surface area contributed by atoms with Crippen molar-refractivity contribution in [2.24, 2.45) is 0 Å². The number of fused-ring (bicyclic) bond motifs is 1.